The summed E-state index contributed by atoms with van der Waals surface area (Å²) in [5.41, 5.74) is 1.24. The van der Waals surface area contributed by atoms with Crippen LogP contribution in [0, 0.1) is 0 Å². The first-order valence-corrected chi connectivity index (χ1v) is 9.29. The number of rotatable bonds is 4. The first kappa shape index (κ1) is 18.0. The summed E-state index contributed by atoms with van der Waals surface area (Å²) in [5.74, 6) is -0.278. The second kappa shape index (κ2) is 6.99. The fourth-order valence-electron chi connectivity index (χ4n) is 3.68. The lowest BCUT2D eigenvalue weighted by molar-refractivity contribution is -0.135. The molecule has 0 saturated carbocycles. The van der Waals surface area contributed by atoms with Crippen LogP contribution in [0.3, 0.4) is 0 Å². The highest BCUT2D eigenvalue weighted by molar-refractivity contribution is 6.10. The van der Waals surface area contributed by atoms with Gasteiger partial charge in [-0.1, -0.05) is 37.3 Å². The quantitative estimate of drug-likeness (QED) is 0.799. The number of anilines is 1. The highest BCUT2D eigenvalue weighted by Crippen LogP contribution is 2.40. The van der Waals surface area contributed by atoms with Gasteiger partial charge in [0.15, 0.2) is 5.54 Å². The zero-order valence-electron chi connectivity index (χ0n) is 15.5. The third-order valence-corrected chi connectivity index (χ3v) is 5.20. The Labute approximate surface area is 162 Å². The number of fused-ring (bicyclic) bond motifs is 2. The summed E-state index contributed by atoms with van der Waals surface area (Å²) >= 11 is 0. The third kappa shape index (κ3) is 2.98. The van der Waals surface area contributed by atoms with Crippen LogP contribution in [0.2, 0.25) is 0 Å². The van der Waals surface area contributed by atoms with Crippen molar-refractivity contribution in [3.63, 3.8) is 0 Å². The fraction of sp³-hybridized carbons (Fsp3) is 0.286. The van der Waals surface area contributed by atoms with E-state index < -0.39 is 23.4 Å². The molecule has 2 aromatic carbocycles. The molecule has 4 amide bonds. The second-order valence-corrected chi connectivity index (χ2v) is 6.92. The van der Waals surface area contributed by atoms with Gasteiger partial charge >= 0.3 is 6.03 Å². The van der Waals surface area contributed by atoms with Crippen molar-refractivity contribution in [3.05, 3.63) is 59.7 Å². The molecule has 2 heterocycles. The van der Waals surface area contributed by atoms with Gasteiger partial charge in [0.05, 0.1) is 6.61 Å². The molecule has 1 fully saturated rings. The van der Waals surface area contributed by atoms with Crippen LogP contribution in [0.25, 0.3) is 0 Å². The molecule has 0 aliphatic carbocycles. The molecule has 7 heteroatoms. The van der Waals surface area contributed by atoms with Gasteiger partial charge in [-0.05, 0) is 30.2 Å². The average molecular weight is 379 g/mol. The molecule has 28 heavy (non-hydrogen) atoms. The van der Waals surface area contributed by atoms with E-state index >= 15 is 0 Å². The predicted molar refractivity (Wildman–Crippen MR) is 103 cm³/mol. The third-order valence-electron chi connectivity index (χ3n) is 5.20. The van der Waals surface area contributed by atoms with Crippen LogP contribution >= 0.6 is 0 Å². The number of ether oxygens (including phenoxy) is 1. The maximum Gasteiger partial charge on any atom is 0.325 e. The van der Waals surface area contributed by atoms with E-state index in [0.29, 0.717) is 30.0 Å². The molecule has 1 saturated heterocycles. The predicted octanol–water partition coefficient (Wildman–Crippen LogP) is 2.42. The van der Waals surface area contributed by atoms with Gasteiger partial charge < -0.3 is 15.4 Å². The molecule has 7 nitrogen and oxygen atoms in total. The van der Waals surface area contributed by atoms with Crippen LogP contribution in [0.5, 0.6) is 5.75 Å². The lowest BCUT2D eigenvalue weighted by Crippen LogP contribution is -2.48. The molecular formula is C21H21N3O4. The van der Waals surface area contributed by atoms with Gasteiger partial charge in [-0.2, -0.15) is 0 Å². The Hall–Kier alpha value is -3.35. The SMILES string of the molecule is CCc1ccc(NC(=O)CN2C(=O)N[C@]3(CCOc4ccccc43)C2=O)cc1. The van der Waals surface area contributed by atoms with Crippen molar-refractivity contribution >= 4 is 23.5 Å². The Bertz CT molecular complexity index is 941. The van der Waals surface area contributed by atoms with Crippen LogP contribution < -0.4 is 15.4 Å². The molecule has 2 aliphatic heterocycles. The average Bonchev–Trinajstić information content (AvgIpc) is 2.94. The number of urea groups is 1. The number of nitrogens with one attached hydrogen (secondary N) is 2. The number of benzene rings is 2. The minimum absolute atomic E-state index is 0.312. The number of hydrogen-bond donors (Lipinski definition) is 2. The minimum Gasteiger partial charge on any atom is -0.493 e. The monoisotopic (exact) mass is 379 g/mol. The van der Waals surface area contributed by atoms with Gasteiger partial charge in [-0.25, -0.2) is 4.79 Å². The van der Waals surface area contributed by atoms with E-state index in [1.807, 2.05) is 18.2 Å². The molecule has 144 valence electrons. The molecule has 0 aromatic heterocycles. The highest BCUT2D eigenvalue weighted by atomic mass is 16.5. The largest absolute Gasteiger partial charge is 0.493 e. The number of hydrogen-bond acceptors (Lipinski definition) is 4. The number of nitrogens with zero attached hydrogens (tertiary/aromatic N) is 1. The smallest absolute Gasteiger partial charge is 0.325 e. The van der Waals surface area contributed by atoms with Gasteiger partial charge in [0.25, 0.3) is 5.91 Å². The Morgan fingerprint density at radius 1 is 1.18 bits per heavy atom. The van der Waals surface area contributed by atoms with Gasteiger partial charge in [0.2, 0.25) is 5.91 Å². The summed E-state index contributed by atoms with van der Waals surface area (Å²) in [5, 5.41) is 5.52. The van der Waals surface area contributed by atoms with E-state index in [1.54, 1.807) is 30.3 Å². The van der Waals surface area contributed by atoms with Crippen LogP contribution in [0.1, 0.15) is 24.5 Å². The van der Waals surface area contributed by atoms with Crippen LogP contribution in [-0.2, 0) is 21.5 Å². The van der Waals surface area contributed by atoms with Crippen LogP contribution in [0.4, 0.5) is 10.5 Å². The normalized spacial score (nSPS) is 20.5. The van der Waals surface area contributed by atoms with Crippen molar-refractivity contribution in [2.24, 2.45) is 0 Å². The number of amides is 4. The van der Waals surface area contributed by atoms with Crippen molar-refractivity contribution < 1.29 is 19.1 Å². The van der Waals surface area contributed by atoms with E-state index in [9.17, 15) is 14.4 Å². The molecule has 1 spiro atoms. The fourth-order valence-corrected chi connectivity index (χ4v) is 3.68. The lowest BCUT2D eigenvalue weighted by atomic mass is 9.84. The maximum atomic E-state index is 13.1. The maximum absolute atomic E-state index is 13.1. The van der Waals surface area contributed by atoms with E-state index in [1.165, 1.54) is 0 Å². The Morgan fingerprint density at radius 3 is 2.68 bits per heavy atom. The molecule has 0 bridgehead atoms. The van der Waals surface area contributed by atoms with Crippen molar-refractivity contribution in [1.29, 1.82) is 0 Å². The van der Waals surface area contributed by atoms with E-state index in [0.717, 1.165) is 16.9 Å². The summed E-state index contributed by atoms with van der Waals surface area (Å²) in [6.07, 6.45) is 1.23. The standard InChI is InChI=1S/C21H21N3O4/c1-2-14-7-9-15(10-8-14)22-18(25)13-24-19(26)21(23-20(24)27)11-12-28-17-6-4-3-5-16(17)21/h3-10H,2,11-13H2,1H3,(H,22,25)(H,23,27)/t21-/m0/s1. The van der Waals surface area contributed by atoms with Crippen molar-refractivity contribution in [2.75, 3.05) is 18.5 Å². The first-order chi connectivity index (χ1) is 13.5. The van der Waals surface area contributed by atoms with Crippen molar-refractivity contribution in [3.8, 4) is 5.75 Å². The molecule has 4 rings (SSSR count). The lowest BCUT2D eigenvalue weighted by Gasteiger charge is -2.33. The highest BCUT2D eigenvalue weighted by Gasteiger charge is 2.55. The molecule has 1 atom stereocenters. The Kier molecular flexibility index (Phi) is 4.50. The molecule has 0 unspecified atom stereocenters. The van der Waals surface area contributed by atoms with Gasteiger partial charge in [-0.15, -0.1) is 0 Å². The molecular weight excluding hydrogens is 358 g/mol. The van der Waals surface area contributed by atoms with Gasteiger partial charge in [-0.3, -0.25) is 14.5 Å². The topological polar surface area (TPSA) is 87.7 Å². The summed E-state index contributed by atoms with van der Waals surface area (Å²) in [7, 11) is 0. The van der Waals surface area contributed by atoms with Crippen molar-refractivity contribution in [2.45, 2.75) is 25.3 Å². The second-order valence-electron chi connectivity index (χ2n) is 6.92. The minimum atomic E-state index is -1.17. The van der Waals surface area contributed by atoms with Gasteiger partial charge in [0.1, 0.15) is 12.3 Å². The molecule has 0 radical (unpaired) electrons. The number of carbonyl (C=O) groups is 3. The van der Waals surface area contributed by atoms with Crippen LogP contribution in [0.15, 0.2) is 48.5 Å². The number of imide groups is 1. The summed E-state index contributed by atoms with van der Waals surface area (Å²) in [6.45, 7) is 2.02. The number of carbonyl (C=O) groups excluding carboxylic acids is 3. The van der Waals surface area contributed by atoms with E-state index in [4.69, 9.17) is 4.74 Å². The molecule has 2 N–H and O–H groups in total. The first-order valence-electron chi connectivity index (χ1n) is 9.29. The van der Waals surface area contributed by atoms with Gasteiger partial charge in [0, 0.05) is 17.7 Å². The summed E-state index contributed by atoms with van der Waals surface area (Å²) < 4.78 is 5.61. The summed E-state index contributed by atoms with van der Waals surface area (Å²) in [4.78, 5) is 39.0. The summed E-state index contributed by atoms with van der Waals surface area (Å²) in [6, 6.07) is 14.0. The zero-order chi connectivity index (χ0) is 19.7. The number of aryl methyl sites for hydroxylation is 1. The Morgan fingerprint density at radius 2 is 1.93 bits per heavy atom. The van der Waals surface area contributed by atoms with Crippen LogP contribution in [-0.4, -0.2) is 35.9 Å². The zero-order valence-corrected chi connectivity index (χ0v) is 15.5. The molecule has 2 aromatic rings. The van der Waals surface area contributed by atoms with E-state index in [2.05, 4.69) is 17.6 Å². The van der Waals surface area contributed by atoms with E-state index in [-0.39, 0.29) is 6.54 Å². The van der Waals surface area contributed by atoms with Crippen molar-refractivity contribution in [1.82, 2.24) is 10.2 Å². The Balaban J connectivity index is 1.51. The number of para-hydroxylation sites is 1. The molecule has 2 aliphatic rings.